The van der Waals surface area contributed by atoms with Crippen molar-refractivity contribution < 1.29 is 24.5 Å². The summed E-state index contributed by atoms with van der Waals surface area (Å²) in [6, 6.07) is 0. The first kappa shape index (κ1) is 16.5. The number of aliphatic hydroxyl groups excluding tert-OH is 2. The zero-order chi connectivity index (χ0) is 13.3. The third-order valence-corrected chi connectivity index (χ3v) is 2.14. The Labute approximate surface area is 102 Å². The number of ketones is 1. The quantitative estimate of drug-likeness (QED) is 0.462. The zero-order valence-electron chi connectivity index (χ0n) is 10.5. The standard InChI is InChI=1S/C11H23NO5/c1-8(5-13)16-6-9(2)17-7-11(15)3-10(14)4-12/h8-9,11,13,15H,3-7,12H2,1-2H3. The van der Waals surface area contributed by atoms with Crippen molar-refractivity contribution in [1.82, 2.24) is 0 Å². The van der Waals surface area contributed by atoms with E-state index in [0.717, 1.165) is 0 Å². The Morgan fingerprint density at radius 2 is 1.82 bits per heavy atom. The van der Waals surface area contributed by atoms with Gasteiger partial charge in [-0.05, 0) is 13.8 Å². The normalized spacial score (nSPS) is 16.5. The fraction of sp³-hybridized carbons (Fsp3) is 0.909. The number of carbonyl (C=O) groups is 1. The molecule has 0 heterocycles. The molecule has 4 N–H and O–H groups in total. The maximum absolute atomic E-state index is 10.9. The zero-order valence-corrected chi connectivity index (χ0v) is 10.5. The topological polar surface area (TPSA) is 102 Å². The Morgan fingerprint density at radius 1 is 1.24 bits per heavy atom. The fourth-order valence-corrected chi connectivity index (χ4v) is 1.08. The van der Waals surface area contributed by atoms with Gasteiger partial charge >= 0.3 is 0 Å². The van der Waals surface area contributed by atoms with Gasteiger partial charge in [0.05, 0.1) is 44.7 Å². The molecule has 0 aliphatic rings. The van der Waals surface area contributed by atoms with E-state index in [-0.39, 0.29) is 44.2 Å². The minimum absolute atomic E-state index is 0.0110. The van der Waals surface area contributed by atoms with Crippen molar-refractivity contribution in [1.29, 1.82) is 0 Å². The van der Waals surface area contributed by atoms with Crippen LogP contribution in [0.3, 0.4) is 0 Å². The molecule has 0 aromatic heterocycles. The molecule has 17 heavy (non-hydrogen) atoms. The summed E-state index contributed by atoms with van der Waals surface area (Å²) >= 11 is 0. The SMILES string of the molecule is CC(CO)OCC(C)OCC(O)CC(=O)CN. The van der Waals surface area contributed by atoms with Gasteiger partial charge in [-0.1, -0.05) is 0 Å². The Kier molecular flexibility index (Phi) is 9.20. The highest BCUT2D eigenvalue weighted by atomic mass is 16.5. The molecule has 0 spiro atoms. The van der Waals surface area contributed by atoms with Crippen LogP contribution in [0, 0.1) is 0 Å². The molecule has 0 aliphatic carbocycles. The van der Waals surface area contributed by atoms with Crippen molar-refractivity contribution in [2.75, 3.05) is 26.4 Å². The van der Waals surface area contributed by atoms with Gasteiger partial charge in [-0.15, -0.1) is 0 Å². The van der Waals surface area contributed by atoms with Gasteiger partial charge < -0.3 is 25.4 Å². The summed E-state index contributed by atoms with van der Waals surface area (Å²) in [5.74, 6) is -0.195. The average molecular weight is 249 g/mol. The molecule has 0 rings (SSSR count). The molecule has 0 aliphatic heterocycles. The van der Waals surface area contributed by atoms with Gasteiger partial charge in [-0.25, -0.2) is 0 Å². The molecule has 0 fully saturated rings. The van der Waals surface area contributed by atoms with Crippen molar-refractivity contribution in [2.45, 2.75) is 38.6 Å². The average Bonchev–Trinajstić information content (AvgIpc) is 2.32. The molecule has 0 saturated heterocycles. The fourth-order valence-electron chi connectivity index (χ4n) is 1.08. The molecule has 102 valence electrons. The maximum atomic E-state index is 10.9. The van der Waals surface area contributed by atoms with Crippen LogP contribution in [0.15, 0.2) is 0 Å². The largest absolute Gasteiger partial charge is 0.394 e. The minimum Gasteiger partial charge on any atom is -0.394 e. The maximum Gasteiger partial charge on any atom is 0.149 e. The molecule has 0 saturated carbocycles. The van der Waals surface area contributed by atoms with Crippen molar-refractivity contribution in [3.05, 3.63) is 0 Å². The van der Waals surface area contributed by atoms with Gasteiger partial charge in [0, 0.05) is 6.42 Å². The molecule has 0 bridgehead atoms. The lowest BCUT2D eigenvalue weighted by molar-refractivity contribution is -0.121. The van der Waals surface area contributed by atoms with Crippen LogP contribution in [0.25, 0.3) is 0 Å². The predicted octanol–water partition coefficient (Wildman–Crippen LogP) is -0.932. The second kappa shape index (κ2) is 9.49. The van der Waals surface area contributed by atoms with Crippen LogP contribution in [0.1, 0.15) is 20.3 Å². The van der Waals surface area contributed by atoms with E-state index in [4.69, 9.17) is 20.3 Å². The number of ether oxygens (including phenoxy) is 2. The lowest BCUT2D eigenvalue weighted by atomic mass is 10.2. The van der Waals surface area contributed by atoms with Crippen molar-refractivity contribution in [3.63, 3.8) is 0 Å². The van der Waals surface area contributed by atoms with Crippen molar-refractivity contribution >= 4 is 5.78 Å². The molecule has 0 aromatic rings. The third-order valence-electron chi connectivity index (χ3n) is 2.14. The Balaban J connectivity index is 3.61. The molecule has 0 radical (unpaired) electrons. The van der Waals surface area contributed by atoms with Crippen LogP contribution >= 0.6 is 0 Å². The minimum atomic E-state index is -0.830. The first-order chi connectivity index (χ1) is 7.99. The van der Waals surface area contributed by atoms with E-state index in [9.17, 15) is 9.90 Å². The number of nitrogens with two attached hydrogens (primary N) is 1. The molecular weight excluding hydrogens is 226 g/mol. The van der Waals surface area contributed by atoms with E-state index in [1.54, 1.807) is 13.8 Å². The van der Waals surface area contributed by atoms with Crippen LogP contribution in [-0.4, -0.2) is 60.7 Å². The molecule has 6 heteroatoms. The molecule has 6 nitrogen and oxygen atoms in total. The predicted molar refractivity (Wildman–Crippen MR) is 62.6 cm³/mol. The number of hydrogen-bond donors (Lipinski definition) is 3. The summed E-state index contributed by atoms with van der Waals surface area (Å²) in [4.78, 5) is 10.9. The highest BCUT2D eigenvalue weighted by molar-refractivity contribution is 5.80. The summed E-state index contributed by atoms with van der Waals surface area (Å²) in [5.41, 5.74) is 5.13. The first-order valence-electron chi connectivity index (χ1n) is 5.73. The van der Waals surface area contributed by atoms with Gasteiger partial charge in [0.1, 0.15) is 5.78 Å². The summed E-state index contributed by atoms with van der Waals surface area (Å²) < 4.78 is 10.5. The molecule has 0 aromatic carbocycles. The summed E-state index contributed by atoms with van der Waals surface area (Å²) in [6.07, 6.45) is -1.25. The number of hydrogen-bond acceptors (Lipinski definition) is 6. The van der Waals surface area contributed by atoms with E-state index in [1.165, 1.54) is 0 Å². The monoisotopic (exact) mass is 249 g/mol. The number of carbonyl (C=O) groups excluding carboxylic acids is 1. The highest BCUT2D eigenvalue weighted by Gasteiger charge is 2.12. The van der Waals surface area contributed by atoms with Crippen molar-refractivity contribution in [3.8, 4) is 0 Å². The van der Waals surface area contributed by atoms with Crippen LogP contribution in [0.2, 0.25) is 0 Å². The lowest BCUT2D eigenvalue weighted by Crippen LogP contribution is -2.28. The number of aliphatic hydroxyl groups is 2. The van der Waals surface area contributed by atoms with E-state index in [0.29, 0.717) is 6.61 Å². The second-order valence-electron chi connectivity index (χ2n) is 4.07. The van der Waals surface area contributed by atoms with Gasteiger partial charge in [0.15, 0.2) is 0 Å². The first-order valence-corrected chi connectivity index (χ1v) is 5.73. The Hall–Kier alpha value is -0.530. The van der Waals surface area contributed by atoms with Crippen LogP contribution in [-0.2, 0) is 14.3 Å². The Morgan fingerprint density at radius 3 is 2.35 bits per heavy atom. The van der Waals surface area contributed by atoms with Crippen LogP contribution in [0.5, 0.6) is 0 Å². The summed E-state index contributed by atoms with van der Waals surface area (Å²) in [5, 5.41) is 18.2. The van der Waals surface area contributed by atoms with Gasteiger partial charge in [0.2, 0.25) is 0 Å². The lowest BCUT2D eigenvalue weighted by Gasteiger charge is -2.18. The molecule has 0 amide bonds. The van der Waals surface area contributed by atoms with Crippen LogP contribution < -0.4 is 5.73 Å². The summed E-state index contributed by atoms with van der Waals surface area (Å²) in [6.45, 7) is 3.84. The third kappa shape index (κ3) is 9.20. The van der Waals surface area contributed by atoms with E-state index < -0.39 is 6.10 Å². The summed E-state index contributed by atoms with van der Waals surface area (Å²) in [7, 11) is 0. The number of rotatable bonds is 10. The number of Topliss-reactive ketones (excluding diaryl/α,β-unsaturated/α-hetero) is 1. The molecule has 3 unspecified atom stereocenters. The molecular formula is C11H23NO5. The van der Waals surface area contributed by atoms with Gasteiger partial charge in [-0.3, -0.25) is 4.79 Å². The van der Waals surface area contributed by atoms with E-state index in [2.05, 4.69) is 0 Å². The van der Waals surface area contributed by atoms with E-state index >= 15 is 0 Å². The van der Waals surface area contributed by atoms with Gasteiger partial charge in [-0.2, -0.15) is 0 Å². The van der Waals surface area contributed by atoms with Crippen LogP contribution in [0.4, 0.5) is 0 Å². The highest BCUT2D eigenvalue weighted by Crippen LogP contribution is 2.00. The Bertz CT molecular complexity index is 212. The van der Waals surface area contributed by atoms with Gasteiger partial charge in [0.25, 0.3) is 0 Å². The van der Waals surface area contributed by atoms with E-state index in [1.807, 2.05) is 0 Å². The van der Waals surface area contributed by atoms with Crippen molar-refractivity contribution in [2.24, 2.45) is 5.73 Å². The molecule has 3 atom stereocenters. The smallest absolute Gasteiger partial charge is 0.149 e. The second-order valence-corrected chi connectivity index (χ2v) is 4.07.